The van der Waals surface area contributed by atoms with Gasteiger partial charge in [-0.25, -0.2) is 8.78 Å². The maximum absolute atomic E-state index is 12.7. The zero-order chi connectivity index (χ0) is 9.35. The minimum absolute atomic E-state index is 0.368. The Labute approximate surface area is 69.3 Å². The summed E-state index contributed by atoms with van der Waals surface area (Å²) in [6, 6.07) is -0.787. The van der Waals surface area contributed by atoms with Crippen molar-refractivity contribution in [1.82, 2.24) is 4.90 Å². The molecule has 1 rings (SSSR count). The van der Waals surface area contributed by atoms with Crippen LogP contribution in [0.25, 0.3) is 0 Å². The highest BCUT2D eigenvalue weighted by atomic mass is 19.3. The monoisotopic (exact) mass is 179 g/mol. The van der Waals surface area contributed by atoms with Crippen LogP contribution in [-0.2, 0) is 9.53 Å². The van der Waals surface area contributed by atoms with Gasteiger partial charge in [0.1, 0.15) is 6.04 Å². The maximum Gasteiger partial charge on any atom is 0.323 e. The van der Waals surface area contributed by atoms with Crippen LogP contribution in [0.1, 0.15) is 6.42 Å². The molecule has 0 aromatic heterocycles. The number of likely N-dealkylation sites (tertiary alicyclic amines) is 1. The Balaban J connectivity index is 2.64. The van der Waals surface area contributed by atoms with E-state index in [1.807, 2.05) is 0 Å². The molecular weight excluding hydrogens is 168 g/mol. The molecule has 12 heavy (non-hydrogen) atoms. The van der Waals surface area contributed by atoms with E-state index < -0.39 is 24.4 Å². The standard InChI is InChI=1S/C7H11F2NO2/c1-10-4-7(8,9)3-5(10)6(11)12-2/h5H,3-4H2,1-2H3. The van der Waals surface area contributed by atoms with Crippen molar-refractivity contribution in [3.63, 3.8) is 0 Å². The molecule has 0 spiro atoms. The molecule has 3 nitrogen and oxygen atoms in total. The van der Waals surface area contributed by atoms with Crippen molar-refractivity contribution in [3.05, 3.63) is 0 Å². The van der Waals surface area contributed by atoms with Gasteiger partial charge in [-0.3, -0.25) is 9.69 Å². The van der Waals surface area contributed by atoms with E-state index in [0.29, 0.717) is 0 Å². The summed E-state index contributed by atoms with van der Waals surface area (Å²) in [6.45, 7) is -0.368. The molecule has 0 aromatic carbocycles. The number of carbonyl (C=O) groups is 1. The van der Waals surface area contributed by atoms with Crippen LogP contribution in [0.5, 0.6) is 0 Å². The molecule has 0 aliphatic carbocycles. The molecule has 5 heteroatoms. The lowest BCUT2D eigenvalue weighted by Gasteiger charge is -2.14. The fraction of sp³-hybridized carbons (Fsp3) is 0.857. The van der Waals surface area contributed by atoms with Gasteiger partial charge < -0.3 is 4.74 Å². The van der Waals surface area contributed by atoms with Gasteiger partial charge in [-0.1, -0.05) is 0 Å². The molecule has 0 radical (unpaired) electrons. The Morgan fingerprint density at radius 3 is 2.58 bits per heavy atom. The minimum atomic E-state index is -2.76. The number of methoxy groups -OCH3 is 1. The van der Waals surface area contributed by atoms with Crippen molar-refractivity contribution < 1.29 is 18.3 Å². The predicted molar refractivity (Wildman–Crippen MR) is 38.0 cm³/mol. The van der Waals surface area contributed by atoms with Gasteiger partial charge >= 0.3 is 5.97 Å². The van der Waals surface area contributed by atoms with Gasteiger partial charge in [-0.05, 0) is 7.05 Å². The van der Waals surface area contributed by atoms with E-state index in [-0.39, 0.29) is 6.54 Å². The van der Waals surface area contributed by atoms with E-state index >= 15 is 0 Å². The molecule has 70 valence electrons. The highest BCUT2D eigenvalue weighted by Crippen LogP contribution is 2.31. The summed E-state index contributed by atoms with van der Waals surface area (Å²) in [5.74, 6) is -3.34. The molecule has 1 heterocycles. The van der Waals surface area contributed by atoms with E-state index in [1.165, 1.54) is 19.1 Å². The van der Waals surface area contributed by atoms with Crippen LogP contribution in [-0.4, -0.2) is 43.5 Å². The average molecular weight is 179 g/mol. The lowest BCUT2D eigenvalue weighted by atomic mass is 10.2. The first-order chi connectivity index (χ1) is 5.46. The van der Waals surface area contributed by atoms with Crippen LogP contribution in [0.4, 0.5) is 8.78 Å². The molecule has 0 bridgehead atoms. The van der Waals surface area contributed by atoms with E-state index in [1.54, 1.807) is 0 Å². The molecule has 0 aromatic rings. The van der Waals surface area contributed by atoms with Crippen molar-refractivity contribution in [2.24, 2.45) is 0 Å². The normalized spacial score (nSPS) is 28.8. The SMILES string of the molecule is COC(=O)C1CC(F)(F)CN1C. The Hall–Kier alpha value is -0.710. The van der Waals surface area contributed by atoms with E-state index in [2.05, 4.69) is 4.74 Å². The number of likely N-dealkylation sites (N-methyl/N-ethyl adjacent to an activating group) is 1. The quantitative estimate of drug-likeness (QED) is 0.549. The summed E-state index contributed by atoms with van der Waals surface area (Å²) in [7, 11) is 2.69. The smallest absolute Gasteiger partial charge is 0.323 e. The van der Waals surface area contributed by atoms with Gasteiger partial charge in [0, 0.05) is 6.42 Å². The number of hydrogen-bond donors (Lipinski definition) is 0. The summed E-state index contributed by atoms with van der Waals surface area (Å²) >= 11 is 0. The fourth-order valence-electron chi connectivity index (χ4n) is 1.38. The van der Waals surface area contributed by atoms with Gasteiger partial charge in [0.15, 0.2) is 0 Å². The van der Waals surface area contributed by atoms with Gasteiger partial charge in [0.2, 0.25) is 0 Å². The van der Waals surface area contributed by atoms with Gasteiger partial charge in [0.25, 0.3) is 5.92 Å². The molecular formula is C7H11F2NO2. The number of alkyl halides is 2. The van der Waals surface area contributed by atoms with Crippen molar-refractivity contribution in [1.29, 1.82) is 0 Å². The first-order valence-electron chi connectivity index (χ1n) is 3.62. The van der Waals surface area contributed by atoms with Crippen LogP contribution < -0.4 is 0 Å². The van der Waals surface area contributed by atoms with E-state index in [4.69, 9.17) is 0 Å². The molecule has 0 amide bonds. The average Bonchev–Trinajstić information content (AvgIpc) is 2.23. The number of carbonyl (C=O) groups excluding carboxylic acids is 1. The third kappa shape index (κ3) is 1.72. The zero-order valence-corrected chi connectivity index (χ0v) is 7.01. The number of halogens is 2. The molecule has 0 saturated carbocycles. The van der Waals surface area contributed by atoms with Gasteiger partial charge in [-0.15, -0.1) is 0 Å². The molecule has 1 saturated heterocycles. The number of hydrogen-bond acceptors (Lipinski definition) is 3. The second-order valence-electron chi connectivity index (χ2n) is 3.01. The van der Waals surface area contributed by atoms with E-state index in [9.17, 15) is 13.6 Å². The van der Waals surface area contributed by atoms with Crippen LogP contribution in [0, 0.1) is 0 Å². The molecule has 1 aliphatic heterocycles. The molecule has 0 N–H and O–H groups in total. The Bertz CT molecular complexity index is 196. The number of esters is 1. The van der Waals surface area contributed by atoms with Crippen molar-refractivity contribution in [2.75, 3.05) is 20.7 Å². The summed E-state index contributed by atoms with van der Waals surface area (Å²) in [4.78, 5) is 12.2. The zero-order valence-electron chi connectivity index (χ0n) is 7.01. The van der Waals surface area contributed by atoms with Crippen LogP contribution in [0.2, 0.25) is 0 Å². The van der Waals surface area contributed by atoms with Crippen molar-refractivity contribution >= 4 is 5.97 Å². The topological polar surface area (TPSA) is 29.5 Å². The Morgan fingerprint density at radius 1 is 1.67 bits per heavy atom. The van der Waals surface area contributed by atoms with E-state index in [0.717, 1.165) is 0 Å². The maximum atomic E-state index is 12.7. The number of nitrogens with zero attached hydrogens (tertiary/aromatic N) is 1. The second kappa shape index (κ2) is 2.97. The largest absolute Gasteiger partial charge is 0.468 e. The summed E-state index contributed by atoms with van der Waals surface area (Å²) in [6.07, 6.45) is -0.434. The van der Waals surface area contributed by atoms with Crippen LogP contribution in [0.3, 0.4) is 0 Å². The summed E-state index contributed by atoms with van der Waals surface area (Å²) in [5, 5.41) is 0. The third-order valence-corrected chi connectivity index (χ3v) is 1.98. The molecule has 1 atom stereocenters. The first kappa shape index (κ1) is 9.38. The second-order valence-corrected chi connectivity index (χ2v) is 3.01. The Kier molecular flexibility index (Phi) is 2.32. The van der Waals surface area contributed by atoms with Crippen LogP contribution >= 0.6 is 0 Å². The van der Waals surface area contributed by atoms with Gasteiger partial charge in [-0.2, -0.15) is 0 Å². The molecule has 1 unspecified atom stereocenters. The molecule has 1 fully saturated rings. The lowest BCUT2D eigenvalue weighted by molar-refractivity contribution is -0.145. The van der Waals surface area contributed by atoms with Gasteiger partial charge in [0.05, 0.1) is 13.7 Å². The van der Waals surface area contributed by atoms with Crippen molar-refractivity contribution in [2.45, 2.75) is 18.4 Å². The Morgan fingerprint density at radius 2 is 2.25 bits per heavy atom. The number of rotatable bonds is 1. The van der Waals surface area contributed by atoms with Crippen LogP contribution in [0.15, 0.2) is 0 Å². The number of ether oxygens (including phenoxy) is 1. The minimum Gasteiger partial charge on any atom is -0.468 e. The first-order valence-corrected chi connectivity index (χ1v) is 3.62. The molecule has 1 aliphatic rings. The fourth-order valence-corrected chi connectivity index (χ4v) is 1.38. The third-order valence-electron chi connectivity index (χ3n) is 1.98. The predicted octanol–water partition coefficient (Wildman–Crippen LogP) is 0.499. The van der Waals surface area contributed by atoms with Crippen molar-refractivity contribution in [3.8, 4) is 0 Å². The lowest BCUT2D eigenvalue weighted by Crippen LogP contribution is -2.33. The summed E-state index contributed by atoms with van der Waals surface area (Å²) in [5.41, 5.74) is 0. The summed E-state index contributed by atoms with van der Waals surface area (Å²) < 4.78 is 29.8. The highest BCUT2D eigenvalue weighted by Gasteiger charge is 2.46. The highest BCUT2D eigenvalue weighted by molar-refractivity contribution is 5.76.